The van der Waals surface area contributed by atoms with Crippen LogP contribution in [0.5, 0.6) is 5.75 Å². The van der Waals surface area contributed by atoms with Crippen LogP contribution in [0.4, 0.5) is 21.6 Å². The number of hydrogen-bond donors (Lipinski definition) is 4. The number of carbonyl (C=O) groups excluding carboxylic acids is 2. The number of aromatic amines is 1. The minimum Gasteiger partial charge on any atom is -0.497 e. The van der Waals surface area contributed by atoms with Gasteiger partial charge in [0.25, 0.3) is 11.5 Å². The standard InChI is InChI=1S/C20H18FN5O4S/c1-30-14-8-6-13(7-9-14)23-15(27)10-31-20-25-17(22)16(19(29)26-20)24-18(28)11-2-4-12(21)5-3-11/h2-9H,10H2,1H3,(H,23,27)(H,24,28)(H3,22,25,26,29). The van der Waals surface area contributed by atoms with E-state index in [-0.39, 0.29) is 33.9 Å². The SMILES string of the molecule is COc1ccc(NC(=O)CSc2nc(N)c(NC(=O)c3ccc(F)cc3)c(=O)[nH]2)cc1. The smallest absolute Gasteiger partial charge is 0.277 e. The molecule has 0 radical (unpaired) electrons. The van der Waals surface area contributed by atoms with E-state index in [1.807, 2.05) is 0 Å². The van der Waals surface area contributed by atoms with Crippen molar-refractivity contribution in [3.63, 3.8) is 0 Å². The molecule has 2 aromatic carbocycles. The third kappa shape index (κ3) is 5.82. The third-order valence-corrected chi connectivity index (χ3v) is 4.86. The van der Waals surface area contributed by atoms with Crippen LogP contribution >= 0.6 is 11.8 Å². The summed E-state index contributed by atoms with van der Waals surface area (Å²) < 4.78 is 18.0. The van der Waals surface area contributed by atoms with Crippen molar-refractivity contribution in [2.24, 2.45) is 0 Å². The second-order valence-electron chi connectivity index (χ2n) is 6.16. The van der Waals surface area contributed by atoms with Crippen molar-refractivity contribution < 1.29 is 18.7 Å². The lowest BCUT2D eigenvalue weighted by Gasteiger charge is -2.09. The van der Waals surface area contributed by atoms with Gasteiger partial charge < -0.3 is 21.1 Å². The topological polar surface area (TPSA) is 139 Å². The molecule has 0 saturated heterocycles. The Labute approximate surface area is 180 Å². The van der Waals surface area contributed by atoms with Crippen LogP contribution < -0.4 is 26.7 Å². The average Bonchev–Trinajstić information content (AvgIpc) is 2.75. The van der Waals surface area contributed by atoms with Crippen LogP contribution in [-0.2, 0) is 4.79 Å². The predicted molar refractivity (Wildman–Crippen MR) is 116 cm³/mol. The van der Waals surface area contributed by atoms with Crippen LogP contribution in [-0.4, -0.2) is 34.6 Å². The van der Waals surface area contributed by atoms with Crippen molar-refractivity contribution in [3.8, 4) is 5.75 Å². The van der Waals surface area contributed by atoms with Crippen LogP contribution in [0.15, 0.2) is 58.5 Å². The molecule has 0 spiro atoms. The number of amides is 2. The number of ether oxygens (including phenoxy) is 1. The number of nitrogen functional groups attached to an aromatic ring is 1. The van der Waals surface area contributed by atoms with Crippen LogP contribution in [0, 0.1) is 5.82 Å². The van der Waals surface area contributed by atoms with Gasteiger partial charge in [0.05, 0.1) is 12.9 Å². The van der Waals surface area contributed by atoms with Crippen molar-refractivity contribution in [1.82, 2.24) is 9.97 Å². The Hall–Kier alpha value is -3.86. The second-order valence-corrected chi connectivity index (χ2v) is 7.12. The molecule has 3 rings (SSSR count). The first-order chi connectivity index (χ1) is 14.9. The van der Waals surface area contributed by atoms with Gasteiger partial charge in [-0.25, -0.2) is 9.37 Å². The van der Waals surface area contributed by atoms with E-state index in [9.17, 15) is 18.8 Å². The van der Waals surface area contributed by atoms with Crippen LogP contribution in [0.2, 0.25) is 0 Å². The van der Waals surface area contributed by atoms with E-state index in [2.05, 4.69) is 20.6 Å². The summed E-state index contributed by atoms with van der Waals surface area (Å²) in [6.45, 7) is 0. The molecule has 3 aromatic rings. The molecular formula is C20H18FN5O4S. The molecule has 0 fully saturated rings. The number of carbonyl (C=O) groups is 2. The Morgan fingerprint density at radius 2 is 1.81 bits per heavy atom. The van der Waals surface area contributed by atoms with E-state index >= 15 is 0 Å². The molecular weight excluding hydrogens is 425 g/mol. The normalized spacial score (nSPS) is 10.4. The summed E-state index contributed by atoms with van der Waals surface area (Å²) in [5, 5.41) is 5.18. The Balaban J connectivity index is 1.61. The number of rotatable bonds is 7. The fraction of sp³-hybridized carbons (Fsp3) is 0.100. The van der Waals surface area contributed by atoms with Crippen LogP contribution in [0.25, 0.3) is 0 Å². The monoisotopic (exact) mass is 443 g/mol. The van der Waals surface area contributed by atoms with E-state index in [4.69, 9.17) is 10.5 Å². The number of nitrogens with zero attached hydrogens (tertiary/aromatic N) is 1. The number of thioether (sulfide) groups is 1. The van der Waals surface area contributed by atoms with Gasteiger partial charge in [0.15, 0.2) is 11.0 Å². The largest absolute Gasteiger partial charge is 0.497 e. The van der Waals surface area contributed by atoms with Crippen molar-refractivity contribution in [2.45, 2.75) is 5.16 Å². The van der Waals surface area contributed by atoms with Gasteiger partial charge in [-0.15, -0.1) is 0 Å². The lowest BCUT2D eigenvalue weighted by molar-refractivity contribution is -0.113. The number of methoxy groups -OCH3 is 1. The number of benzene rings is 2. The van der Waals surface area contributed by atoms with Gasteiger partial charge in [0.2, 0.25) is 5.91 Å². The summed E-state index contributed by atoms with van der Waals surface area (Å²) in [6.07, 6.45) is 0. The Morgan fingerprint density at radius 1 is 1.13 bits per heavy atom. The molecule has 0 aliphatic heterocycles. The highest BCUT2D eigenvalue weighted by Crippen LogP contribution is 2.19. The zero-order valence-electron chi connectivity index (χ0n) is 16.3. The summed E-state index contributed by atoms with van der Waals surface area (Å²) in [6, 6.07) is 11.6. The Kier molecular flexibility index (Phi) is 6.88. The highest BCUT2D eigenvalue weighted by atomic mass is 32.2. The molecule has 1 aromatic heterocycles. The highest BCUT2D eigenvalue weighted by Gasteiger charge is 2.15. The average molecular weight is 443 g/mol. The van der Waals surface area contributed by atoms with Gasteiger partial charge in [0.1, 0.15) is 17.3 Å². The molecule has 2 amide bonds. The first-order valence-electron chi connectivity index (χ1n) is 8.89. The van der Waals surface area contributed by atoms with E-state index in [1.165, 1.54) is 12.1 Å². The third-order valence-electron chi connectivity index (χ3n) is 3.98. The molecule has 5 N–H and O–H groups in total. The zero-order chi connectivity index (χ0) is 22.4. The lowest BCUT2D eigenvalue weighted by atomic mass is 10.2. The van der Waals surface area contributed by atoms with Gasteiger partial charge in [-0.1, -0.05) is 11.8 Å². The van der Waals surface area contributed by atoms with Gasteiger partial charge >= 0.3 is 0 Å². The van der Waals surface area contributed by atoms with Gasteiger partial charge in [-0.05, 0) is 48.5 Å². The first-order valence-corrected chi connectivity index (χ1v) is 9.87. The molecule has 0 atom stereocenters. The Bertz CT molecular complexity index is 1150. The number of hydrogen-bond acceptors (Lipinski definition) is 7. The number of nitrogens with two attached hydrogens (primary N) is 1. The molecule has 0 saturated carbocycles. The summed E-state index contributed by atoms with van der Waals surface area (Å²) in [4.78, 5) is 43.1. The fourth-order valence-corrected chi connectivity index (χ4v) is 3.12. The van der Waals surface area contributed by atoms with Crippen molar-refractivity contribution >= 4 is 40.8 Å². The maximum absolute atomic E-state index is 13.0. The van der Waals surface area contributed by atoms with Crippen molar-refractivity contribution in [1.29, 1.82) is 0 Å². The number of nitrogens with one attached hydrogen (secondary N) is 3. The first kappa shape index (κ1) is 21.8. The summed E-state index contributed by atoms with van der Waals surface area (Å²) in [7, 11) is 1.54. The fourth-order valence-electron chi connectivity index (χ4n) is 2.45. The molecule has 31 heavy (non-hydrogen) atoms. The number of H-pyrrole nitrogens is 1. The van der Waals surface area contributed by atoms with Crippen molar-refractivity contribution in [2.75, 3.05) is 29.2 Å². The maximum atomic E-state index is 13.0. The van der Waals surface area contributed by atoms with Gasteiger partial charge in [0, 0.05) is 11.3 Å². The summed E-state index contributed by atoms with van der Waals surface area (Å²) in [5.74, 6) is -1.03. The number of halogens is 1. The summed E-state index contributed by atoms with van der Waals surface area (Å²) in [5.41, 5.74) is 5.62. The minimum atomic E-state index is -0.680. The zero-order valence-corrected chi connectivity index (χ0v) is 17.1. The maximum Gasteiger partial charge on any atom is 0.277 e. The molecule has 1 heterocycles. The highest BCUT2D eigenvalue weighted by molar-refractivity contribution is 7.99. The lowest BCUT2D eigenvalue weighted by Crippen LogP contribution is -2.23. The molecule has 11 heteroatoms. The van der Waals surface area contributed by atoms with Crippen LogP contribution in [0.1, 0.15) is 10.4 Å². The molecule has 9 nitrogen and oxygen atoms in total. The number of anilines is 3. The molecule has 0 bridgehead atoms. The molecule has 0 aliphatic rings. The minimum absolute atomic E-state index is 0.0320. The van der Waals surface area contributed by atoms with E-state index < -0.39 is 17.3 Å². The van der Waals surface area contributed by atoms with Crippen LogP contribution in [0.3, 0.4) is 0 Å². The molecule has 0 aliphatic carbocycles. The van der Waals surface area contributed by atoms with E-state index in [0.717, 1.165) is 23.9 Å². The summed E-state index contributed by atoms with van der Waals surface area (Å²) >= 11 is 0.972. The van der Waals surface area contributed by atoms with Gasteiger partial charge in [-0.2, -0.15) is 0 Å². The van der Waals surface area contributed by atoms with E-state index in [1.54, 1.807) is 31.4 Å². The second kappa shape index (κ2) is 9.76. The van der Waals surface area contributed by atoms with E-state index in [0.29, 0.717) is 11.4 Å². The quantitative estimate of drug-likeness (QED) is 0.325. The molecule has 0 unspecified atom stereocenters. The van der Waals surface area contributed by atoms with Gasteiger partial charge in [-0.3, -0.25) is 19.4 Å². The Morgan fingerprint density at radius 3 is 2.42 bits per heavy atom. The van der Waals surface area contributed by atoms with Crippen molar-refractivity contribution in [3.05, 3.63) is 70.3 Å². The molecule has 160 valence electrons. The number of aromatic nitrogens is 2. The predicted octanol–water partition coefficient (Wildman–Crippen LogP) is 2.48.